The summed E-state index contributed by atoms with van der Waals surface area (Å²) < 4.78 is 28.3. The fourth-order valence-electron chi connectivity index (χ4n) is 3.45. The first-order valence-electron chi connectivity index (χ1n) is 9.32. The van der Waals surface area contributed by atoms with Crippen LogP contribution in [-0.2, 0) is 27.8 Å². The van der Waals surface area contributed by atoms with Crippen molar-refractivity contribution in [1.82, 2.24) is 9.62 Å². The highest BCUT2D eigenvalue weighted by molar-refractivity contribution is 7.89. The van der Waals surface area contributed by atoms with Gasteiger partial charge in [-0.05, 0) is 55.5 Å². The molecule has 0 spiro atoms. The first-order chi connectivity index (χ1) is 13.2. The van der Waals surface area contributed by atoms with Crippen LogP contribution in [0.25, 0.3) is 0 Å². The Kier molecular flexibility index (Phi) is 5.88. The van der Waals surface area contributed by atoms with E-state index >= 15 is 0 Å². The summed E-state index contributed by atoms with van der Waals surface area (Å²) in [4.78, 5) is 13.0. The summed E-state index contributed by atoms with van der Waals surface area (Å²) in [6.07, 6.45) is -0.407. The fourth-order valence-corrected chi connectivity index (χ4v) is 5.33. The number of nitrogens with one attached hydrogen (secondary N) is 1. The summed E-state index contributed by atoms with van der Waals surface area (Å²) in [5, 5.41) is 12.1. The molecule has 1 heterocycles. The minimum Gasteiger partial charge on any atom is -0.392 e. The van der Waals surface area contributed by atoms with Gasteiger partial charge >= 0.3 is 0 Å². The number of aliphatic hydroxyl groups excluding tert-OH is 1. The third-order valence-electron chi connectivity index (χ3n) is 5.01. The molecule has 1 aliphatic rings. The maximum Gasteiger partial charge on any atom is 0.244 e. The van der Waals surface area contributed by atoms with Gasteiger partial charge in [-0.15, -0.1) is 0 Å². The SMILES string of the molecule is Cc1ccc(C)c(S(=O)(=O)N2Cc3ccccc3CC2C(=O)NCC(C)O)c1. The molecule has 28 heavy (non-hydrogen) atoms. The van der Waals surface area contributed by atoms with E-state index in [-0.39, 0.29) is 18.0 Å². The van der Waals surface area contributed by atoms with Crippen molar-refractivity contribution in [1.29, 1.82) is 0 Å². The summed E-state index contributed by atoms with van der Waals surface area (Å²) in [6, 6.07) is 12.0. The van der Waals surface area contributed by atoms with Gasteiger partial charge < -0.3 is 10.4 Å². The predicted octanol–water partition coefficient (Wildman–Crippen LogP) is 1.92. The van der Waals surface area contributed by atoms with Gasteiger partial charge in [-0.3, -0.25) is 4.79 Å². The minimum absolute atomic E-state index is 0.0777. The van der Waals surface area contributed by atoms with E-state index in [1.165, 1.54) is 4.31 Å². The number of aliphatic hydroxyl groups is 1. The molecule has 1 amide bonds. The number of nitrogens with zero attached hydrogens (tertiary/aromatic N) is 1. The third kappa shape index (κ3) is 4.11. The summed E-state index contributed by atoms with van der Waals surface area (Å²) >= 11 is 0. The average molecular weight is 403 g/mol. The molecule has 0 aromatic heterocycles. The molecule has 0 radical (unpaired) electrons. The largest absolute Gasteiger partial charge is 0.392 e. The van der Waals surface area contributed by atoms with Crippen LogP contribution >= 0.6 is 0 Å². The standard InChI is InChI=1S/C21H26N2O4S/c1-14-8-9-15(2)20(10-14)28(26,27)23-13-18-7-5-4-6-17(18)11-19(23)21(25)22-12-16(3)24/h4-10,16,19,24H,11-13H2,1-3H3,(H,22,25). The Labute approximate surface area is 166 Å². The van der Waals surface area contributed by atoms with Gasteiger partial charge in [0.25, 0.3) is 0 Å². The van der Waals surface area contributed by atoms with Gasteiger partial charge in [-0.25, -0.2) is 8.42 Å². The van der Waals surface area contributed by atoms with Crippen molar-refractivity contribution in [2.45, 2.75) is 50.8 Å². The molecule has 0 saturated heterocycles. The zero-order valence-corrected chi connectivity index (χ0v) is 17.2. The number of carbonyl (C=O) groups excluding carboxylic acids is 1. The number of hydrogen-bond donors (Lipinski definition) is 2. The second-order valence-electron chi connectivity index (χ2n) is 7.40. The van der Waals surface area contributed by atoms with Crippen LogP contribution < -0.4 is 5.32 Å². The molecule has 0 saturated carbocycles. The molecule has 0 aliphatic carbocycles. The molecule has 150 valence electrons. The van der Waals surface area contributed by atoms with Crippen molar-refractivity contribution in [3.8, 4) is 0 Å². The molecule has 7 heteroatoms. The van der Waals surface area contributed by atoms with Crippen LogP contribution in [0.1, 0.15) is 29.2 Å². The maximum absolute atomic E-state index is 13.5. The highest BCUT2D eigenvalue weighted by Gasteiger charge is 2.40. The van der Waals surface area contributed by atoms with E-state index in [1.807, 2.05) is 37.3 Å². The zero-order chi connectivity index (χ0) is 20.5. The van der Waals surface area contributed by atoms with Crippen molar-refractivity contribution in [2.24, 2.45) is 0 Å². The quantitative estimate of drug-likeness (QED) is 0.800. The Hall–Kier alpha value is -2.22. The Morgan fingerprint density at radius 3 is 2.57 bits per heavy atom. The summed E-state index contributed by atoms with van der Waals surface area (Å²) in [5.41, 5.74) is 3.35. The van der Waals surface area contributed by atoms with Crippen molar-refractivity contribution in [3.05, 3.63) is 64.7 Å². The monoisotopic (exact) mass is 402 g/mol. The molecule has 2 atom stereocenters. The molecule has 2 N–H and O–H groups in total. The van der Waals surface area contributed by atoms with Gasteiger partial charge in [-0.2, -0.15) is 4.31 Å². The number of rotatable bonds is 5. The zero-order valence-electron chi connectivity index (χ0n) is 16.3. The second-order valence-corrected chi connectivity index (χ2v) is 9.26. The first kappa shape index (κ1) is 20.5. The van der Waals surface area contributed by atoms with E-state index in [2.05, 4.69) is 5.32 Å². The minimum atomic E-state index is -3.88. The van der Waals surface area contributed by atoms with Crippen molar-refractivity contribution in [3.63, 3.8) is 0 Å². The van der Waals surface area contributed by atoms with Crippen molar-refractivity contribution >= 4 is 15.9 Å². The second kappa shape index (κ2) is 8.03. The van der Waals surface area contributed by atoms with E-state index in [4.69, 9.17) is 0 Å². The molecular formula is C21H26N2O4S. The Morgan fingerprint density at radius 1 is 1.21 bits per heavy atom. The van der Waals surface area contributed by atoms with Crippen LogP contribution in [0.4, 0.5) is 0 Å². The van der Waals surface area contributed by atoms with Gasteiger partial charge in [0.2, 0.25) is 15.9 Å². The van der Waals surface area contributed by atoms with Crippen LogP contribution in [0, 0.1) is 13.8 Å². The van der Waals surface area contributed by atoms with Crippen LogP contribution in [0.5, 0.6) is 0 Å². The summed E-state index contributed by atoms with van der Waals surface area (Å²) in [7, 11) is -3.88. The number of sulfonamides is 1. The molecule has 3 rings (SSSR count). The molecule has 2 unspecified atom stereocenters. The summed E-state index contributed by atoms with van der Waals surface area (Å²) in [5.74, 6) is -0.399. The topological polar surface area (TPSA) is 86.7 Å². The predicted molar refractivity (Wildman–Crippen MR) is 107 cm³/mol. The van der Waals surface area contributed by atoms with Gasteiger partial charge in [-0.1, -0.05) is 36.4 Å². The Bertz CT molecular complexity index is 986. The Morgan fingerprint density at radius 2 is 1.89 bits per heavy atom. The molecular weight excluding hydrogens is 376 g/mol. The third-order valence-corrected chi connectivity index (χ3v) is 7.01. The normalized spacial score (nSPS) is 18.4. The highest BCUT2D eigenvalue weighted by Crippen LogP contribution is 2.30. The number of fused-ring (bicyclic) bond motifs is 1. The number of benzene rings is 2. The van der Waals surface area contributed by atoms with Crippen molar-refractivity contribution in [2.75, 3.05) is 6.54 Å². The van der Waals surface area contributed by atoms with Crippen LogP contribution in [0.3, 0.4) is 0 Å². The molecule has 0 bridgehead atoms. The highest BCUT2D eigenvalue weighted by atomic mass is 32.2. The van der Waals surface area contributed by atoms with Gasteiger partial charge in [0.05, 0.1) is 11.0 Å². The van der Waals surface area contributed by atoms with Gasteiger partial charge in [0.1, 0.15) is 6.04 Å². The van der Waals surface area contributed by atoms with E-state index in [9.17, 15) is 18.3 Å². The molecule has 6 nitrogen and oxygen atoms in total. The lowest BCUT2D eigenvalue weighted by Crippen LogP contribution is -2.53. The lowest BCUT2D eigenvalue weighted by molar-refractivity contribution is -0.125. The maximum atomic E-state index is 13.5. The number of carbonyl (C=O) groups is 1. The van der Waals surface area contributed by atoms with E-state index in [1.54, 1.807) is 26.0 Å². The fraction of sp³-hybridized carbons (Fsp3) is 0.381. The van der Waals surface area contributed by atoms with Crippen LogP contribution in [0.2, 0.25) is 0 Å². The average Bonchev–Trinajstić information content (AvgIpc) is 2.66. The van der Waals surface area contributed by atoms with E-state index < -0.39 is 28.1 Å². The number of aryl methyl sites for hydroxylation is 2. The molecule has 2 aromatic carbocycles. The molecule has 0 fully saturated rings. The Balaban J connectivity index is 2.03. The van der Waals surface area contributed by atoms with Gasteiger partial charge in [0, 0.05) is 13.1 Å². The van der Waals surface area contributed by atoms with Crippen LogP contribution in [-0.4, -0.2) is 42.4 Å². The number of hydrogen-bond acceptors (Lipinski definition) is 4. The van der Waals surface area contributed by atoms with Crippen LogP contribution in [0.15, 0.2) is 47.4 Å². The van der Waals surface area contributed by atoms with E-state index in [0.717, 1.165) is 16.7 Å². The van der Waals surface area contributed by atoms with Gasteiger partial charge in [0.15, 0.2) is 0 Å². The lowest BCUT2D eigenvalue weighted by Gasteiger charge is -2.35. The smallest absolute Gasteiger partial charge is 0.244 e. The van der Waals surface area contributed by atoms with Crippen molar-refractivity contribution < 1.29 is 18.3 Å². The lowest BCUT2D eigenvalue weighted by atomic mass is 9.95. The first-order valence-corrected chi connectivity index (χ1v) is 10.8. The molecule has 1 aliphatic heterocycles. The number of amides is 1. The van der Waals surface area contributed by atoms with E-state index in [0.29, 0.717) is 12.0 Å². The summed E-state index contributed by atoms with van der Waals surface area (Å²) in [6.45, 7) is 5.39. The molecule has 2 aromatic rings.